The summed E-state index contributed by atoms with van der Waals surface area (Å²) in [6.07, 6.45) is -0.0708. The number of aliphatic hydroxyl groups excluding tert-OH is 1. The molecule has 6 nitrogen and oxygen atoms in total. The van der Waals surface area contributed by atoms with E-state index in [1.807, 2.05) is 6.07 Å². The molecular formula is C12H15ClN2O4S. The molecule has 2 unspecified atom stereocenters. The van der Waals surface area contributed by atoms with Crippen LogP contribution >= 0.6 is 22.9 Å². The van der Waals surface area contributed by atoms with Gasteiger partial charge in [0.15, 0.2) is 0 Å². The summed E-state index contributed by atoms with van der Waals surface area (Å²) >= 11 is 7.25. The smallest absolute Gasteiger partial charge is 0.326 e. The van der Waals surface area contributed by atoms with Crippen LogP contribution in [0, 0.1) is 0 Å². The second-order valence-electron chi connectivity index (χ2n) is 4.58. The van der Waals surface area contributed by atoms with Gasteiger partial charge in [-0.15, -0.1) is 11.3 Å². The average molecular weight is 319 g/mol. The number of urea groups is 1. The maximum atomic E-state index is 11.9. The number of carboxylic acids is 1. The summed E-state index contributed by atoms with van der Waals surface area (Å²) in [5, 5.41) is 21.2. The highest BCUT2D eigenvalue weighted by molar-refractivity contribution is 7.16. The predicted molar refractivity (Wildman–Crippen MR) is 75.2 cm³/mol. The van der Waals surface area contributed by atoms with Gasteiger partial charge >= 0.3 is 12.0 Å². The zero-order chi connectivity index (χ0) is 14.7. The summed E-state index contributed by atoms with van der Waals surface area (Å²) in [5.41, 5.74) is 0. The largest absolute Gasteiger partial charge is 0.480 e. The number of β-amino-alcohol motifs (C(OH)–C–C–N with tert-alkyl or cyclic N) is 1. The number of nitrogens with zero attached hydrogens (tertiary/aromatic N) is 1. The molecule has 1 fully saturated rings. The molecule has 0 saturated carbocycles. The highest BCUT2D eigenvalue weighted by Crippen LogP contribution is 2.21. The second-order valence-corrected chi connectivity index (χ2v) is 6.38. The van der Waals surface area contributed by atoms with Gasteiger partial charge in [-0.25, -0.2) is 9.59 Å². The van der Waals surface area contributed by atoms with Gasteiger partial charge in [0.25, 0.3) is 0 Å². The lowest BCUT2D eigenvalue weighted by atomic mass is 10.2. The van der Waals surface area contributed by atoms with Crippen molar-refractivity contribution >= 4 is 34.9 Å². The van der Waals surface area contributed by atoms with E-state index >= 15 is 0 Å². The molecule has 1 aromatic heterocycles. The highest BCUT2D eigenvalue weighted by atomic mass is 35.5. The first-order valence-corrected chi connectivity index (χ1v) is 7.36. The van der Waals surface area contributed by atoms with Crippen molar-refractivity contribution in [2.24, 2.45) is 0 Å². The first-order chi connectivity index (χ1) is 9.47. The molecule has 1 aromatic rings. The third kappa shape index (κ3) is 3.62. The minimum atomic E-state index is -1.10. The highest BCUT2D eigenvalue weighted by Gasteiger charge is 2.38. The predicted octanol–water partition coefficient (Wildman–Crippen LogP) is 1.17. The zero-order valence-corrected chi connectivity index (χ0v) is 12.2. The van der Waals surface area contributed by atoms with Gasteiger partial charge in [0.2, 0.25) is 0 Å². The van der Waals surface area contributed by atoms with Crippen LogP contribution in [0.3, 0.4) is 0 Å². The first kappa shape index (κ1) is 15.1. The van der Waals surface area contributed by atoms with Crippen LogP contribution in [0.1, 0.15) is 11.3 Å². The topological polar surface area (TPSA) is 89.9 Å². The Bertz CT molecular complexity index is 507. The fraction of sp³-hybridized carbons (Fsp3) is 0.500. The van der Waals surface area contributed by atoms with Crippen molar-refractivity contribution in [3.05, 3.63) is 21.3 Å². The van der Waals surface area contributed by atoms with E-state index in [1.54, 1.807) is 6.07 Å². The number of hydrogen-bond acceptors (Lipinski definition) is 4. The molecule has 2 amide bonds. The minimum Gasteiger partial charge on any atom is -0.480 e. The number of carbonyl (C=O) groups excluding carboxylic acids is 1. The van der Waals surface area contributed by atoms with Crippen molar-refractivity contribution in [3.63, 3.8) is 0 Å². The van der Waals surface area contributed by atoms with Crippen molar-refractivity contribution in [1.82, 2.24) is 10.2 Å². The van der Waals surface area contributed by atoms with Crippen LogP contribution in [0.2, 0.25) is 4.34 Å². The van der Waals surface area contributed by atoms with Gasteiger partial charge < -0.3 is 20.4 Å². The van der Waals surface area contributed by atoms with E-state index in [0.29, 0.717) is 17.3 Å². The number of halogens is 1. The number of nitrogens with one attached hydrogen (secondary N) is 1. The lowest BCUT2D eigenvalue weighted by molar-refractivity contribution is -0.141. The summed E-state index contributed by atoms with van der Waals surface area (Å²) in [4.78, 5) is 25.1. The maximum absolute atomic E-state index is 11.9. The summed E-state index contributed by atoms with van der Waals surface area (Å²) < 4.78 is 0.694. The van der Waals surface area contributed by atoms with Crippen LogP contribution in [0.5, 0.6) is 0 Å². The van der Waals surface area contributed by atoms with Gasteiger partial charge in [-0.05, 0) is 18.6 Å². The first-order valence-electron chi connectivity index (χ1n) is 6.17. The van der Waals surface area contributed by atoms with Gasteiger partial charge in [-0.1, -0.05) is 11.6 Å². The molecule has 110 valence electrons. The number of carbonyl (C=O) groups is 2. The van der Waals surface area contributed by atoms with Crippen LogP contribution in [-0.2, 0) is 11.2 Å². The molecule has 8 heteroatoms. The van der Waals surface area contributed by atoms with E-state index in [4.69, 9.17) is 16.7 Å². The molecular weight excluding hydrogens is 304 g/mol. The van der Waals surface area contributed by atoms with E-state index in [2.05, 4.69) is 5.32 Å². The fourth-order valence-electron chi connectivity index (χ4n) is 2.15. The Balaban J connectivity index is 1.83. The molecule has 0 radical (unpaired) electrons. The number of amides is 2. The standard InChI is InChI=1S/C12H15ClN2O4S/c13-10-2-1-8(20-10)3-4-14-12(19)15-6-7(16)5-9(15)11(17)18/h1-2,7,9,16H,3-6H2,(H,14,19)(H,17,18). The number of thiophene rings is 1. The van der Waals surface area contributed by atoms with Crippen molar-refractivity contribution in [2.45, 2.75) is 25.0 Å². The lowest BCUT2D eigenvalue weighted by Gasteiger charge is -2.21. The summed E-state index contributed by atoms with van der Waals surface area (Å²) in [5.74, 6) is -1.10. The maximum Gasteiger partial charge on any atom is 0.326 e. The Morgan fingerprint density at radius 2 is 2.25 bits per heavy atom. The molecule has 3 N–H and O–H groups in total. The molecule has 2 atom stereocenters. The monoisotopic (exact) mass is 318 g/mol. The van der Waals surface area contributed by atoms with E-state index in [1.165, 1.54) is 11.3 Å². The third-order valence-electron chi connectivity index (χ3n) is 3.10. The van der Waals surface area contributed by atoms with Crippen LogP contribution in [0.15, 0.2) is 12.1 Å². The third-order valence-corrected chi connectivity index (χ3v) is 4.39. The normalized spacial score (nSPS) is 22.0. The van der Waals surface area contributed by atoms with Crippen molar-refractivity contribution in [3.8, 4) is 0 Å². The number of hydrogen-bond donors (Lipinski definition) is 3. The van der Waals surface area contributed by atoms with E-state index in [9.17, 15) is 14.7 Å². The molecule has 1 aliphatic rings. The van der Waals surface area contributed by atoms with Gasteiger partial charge in [0.1, 0.15) is 6.04 Å². The number of likely N-dealkylation sites (tertiary alicyclic amines) is 1. The van der Waals surface area contributed by atoms with E-state index in [0.717, 1.165) is 9.78 Å². The quantitative estimate of drug-likeness (QED) is 0.777. The van der Waals surface area contributed by atoms with Gasteiger partial charge in [-0.2, -0.15) is 0 Å². The zero-order valence-electron chi connectivity index (χ0n) is 10.6. The van der Waals surface area contributed by atoms with Crippen LogP contribution in [0.4, 0.5) is 4.79 Å². The van der Waals surface area contributed by atoms with Crippen molar-refractivity contribution in [1.29, 1.82) is 0 Å². The minimum absolute atomic E-state index is 0.0492. The Kier molecular flexibility index (Phi) is 4.85. The Hall–Kier alpha value is -1.31. The van der Waals surface area contributed by atoms with Gasteiger partial charge in [0.05, 0.1) is 10.4 Å². The van der Waals surface area contributed by atoms with Gasteiger partial charge in [0, 0.05) is 24.4 Å². The number of aliphatic carboxylic acids is 1. The molecule has 2 heterocycles. The number of aliphatic hydroxyl groups is 1. The van der Waals surface area contributed by atoms with E-state index < -0.39 is 24.1 Å². The molecule has 0 aliphatic carbocycles. The van der Waals surface area contributed by atoms with Crippen LogP contribution in [0.25, 0.3) is 0 Å². The molecule has 20 heavy (non-hydrogen) atoms. The average Bonchev–Trinajstić information content (AvgIpc) is 2.95. The second kappa shape index (κ2) is 6.43. The SMILES string of the molecule is O=C(O)C1CC(O)CN1C(=O)NCCc1ccc(Cl)s1. The van der Waals surface area contributed by atoms with Crippen molar-refractivity contribution < 1.29 is 19.8 Å². The fourth-order valence-corrected chi connectivity index (χ4v) is 3.24. The molecule has 1 saturated heterocycles. The number of carboxylic acid groups (broad SMARTS) is 1. The molecule has 1 aliphatic heterocycles. The summed E-state index contributed by atoms with van der Waals surface area (Å²) in [7, 11) is 0. The molecule has 0 aromatic carbocycles. The van der Waals surface area contributed by atoms with Gasteiger partial charge in [-0.3, -0.25) is 0 Å². The van der Waals surface area contributed by atoms with Crippen LogP contribution < -0.4 is 5.32 Å². The Morgan fingerprint density at radius 3 is 2.85 bits per heavy atom. The lowest BCUT2D eigenvalue weighted by Crippen LogP contribution is -2.46. The van der Waals surface area contributed by atoms with Crippen LogP contribution in [-0.4, -0.2) is 52.3 Å². The summed E-state index contributed by atoms with van der Waals surface area (Å²) in [6, 6.07) is 2.26. The number of rotatable bonds is 4. The van der Waals surface area contributed by atoms with Crippen molar-refractivity contribution in [2.75, 3.05) is 13.1 Å². The molecule has 2 rings (SSSR count). The Morgan fingerprint density at radius 1 is 1.50 bits per heavy atom. The Labute approximate surface area is 125 Å². The molecule has 0 spiro atoms. The van der Waals surface area contributed by atoms with E-state index in [-0.39, 0.29) is 13.0 Å². The summed E-state index contributed by atoms with van der Waals surface area (Å²) in [6.45, 7) is 0.447. The molecule has 0 bridgehead atoms.